The second-order valence-corrected chi connectivity index (χ2v) is 7.03. The van der Waals surface area contributed by atoms with Crippen LogP contribution in [-0.2, 0) is 14.1 Å². The summed E-state index contributed by atoms with van der Waals surface area (Å²) < 4.78 is 2.69. The molecule has 152 valence electrons. The molecule has 0 aliphatic carbocycles. The minimum absolute atomic E-state index is 0.217. The van der Waals surface area contributed by atoms with Crippen molar-refractivity contribution in [1.82, 2.24) is 9.13 Å². The molecule has 7 heteroatoms. The number of carbonyl (C=O) groups is 1. The van der Waals surface area contributed by atoms with Crippen molar-refractivity contribution in [3.8, 4) is 0 Å². The van der Waals surface area contributed by atoms with Crippen LogP contribution in [0.3, 0.4) is 0 Å². The molecule has 1 aromatic heterocycles. The van der Waals surface area contributed by atoms with Gasteiger partial charge in [-0.2, -0.15) is 0 Å². The molecule has 0 unspecified atom stereocenters. The third kappa shape index (κ3) is 3.55. The fourth-order valence-corrected chi connectivity index (χ4v) is 3.55. The van der Waals surface area contributed by atoms with Gasteiger partial charge in [0.25, 0.3) is 5.91 Å². The number of nitrogens with zero attached hydrogens (tertiary/aromatic N) is 3. The van der Waals surface area contributed by atoms with E-state index in [-0.39, 0.29) is 5.91 Å². The van der Waals surface area contributed by atoms with Crippen molar-refractivity contribution >= 4 is 28.3 Å². The van der Waals surface area contributed by atoms with Gasteiger partial charge in [-0.3, -0.25) is 14.4 Å². The number of fused-ring (bicyclic) bond motifs is 1. The summed E-state index contributed by atoms with van der Waals surface area (Å²) in [6.45, 7) is 7.41. The first kappa shape index (κ1) is 20.4. The van der Waals surface area contributed by atoms with Gasteiger partial charge in [-0.15, -0.1) is 0 Å². The Kier molecular flexibility index (Phi) is 5.59. The molecule has 0 saturated heterocycles. The van der Waals surface area contributed by atoms with Crippen LogP contribution in [-0.4, -0.2) is 28.1 Å². The van der Waals surface area contributed by atoms with Crippen molar-refractivity contribution in [3.63, 3.8) is 0 Å². The van der Waals surface area contributed by atoms with Gasteiger partial charge >= 0.3 is 11.1 Å². The molecule has 1 N–H and O–H groups in total. The molecule has 0 aliphatic heterocycles. The van der Waals surface area contributed by atoms with Crippen molar-refractivity contribution in [2.75, 3.05) is 23.3 Å². The van der Waals surface area contributed by atoms with Crippen molar-refractivity contribution in [3.05, 3.63) is 68.2 Å². The lowest BCUT2D eigenvalue weighted by atomic mass is 10.1. The van der Waals surface area contributed by atoms with E-state index in [9.17, 15) is 14.4 Å². The third-order valence-electron chi connectivity index (χ3n) is 5.35. The Hall–Kier alpha value is -3.35. The van der Waals surface area contributed by atoms with E-state index in [1.807, 2.05) is 45.0 Å². The first-order chi connectivity index (χ1) is 13.8. The second kappa shape index (κ2) is 7.95. The number of amides is 1. The molecule has 3 aromatic rings. The summed E-state index contributed by atoms with van der Waals surface area (Å²) in [5.41, 5.74) is 2.90. The maximum Gasteiger partial charge on any atom is 0.316 e. The molecule has 0 aliphatic rings. The van der Waals surface area contributed by atoms with Gasteiger partial charge in [0.1, 0.15) is 0 Å². The van der Waals surface area contributed by atoms with Crippen molar-refractivity contribution in [1.29, 1.82) is 0 Å². The molecule has 0 bridgehead atoms. The van der Waals surface area contributed by atoms with Crippen LogP contribution < -0.4 is 21.3 Å². The minimum Gasteiger partial charge on any atom is -0.370 e. The molecular formula is C22H26N4O3. The smallest absolute Gasteiger partial charge is 0.316 e. The highest BCUT2D eigenvalue weighted by atomic mass is 16.2. The molecule has 0 radical (unpaired) electrons. The van der Waals surface area contributed by atoms with Crippen molar-refractivity contribution in [2.45, 2.75) is 20.8 Å². The van der Waals surface area contributed by atoms with E-state index in [4.69, 9.17) is 0 Å². The van der Waals surface area contributed by atoms with Crippen LogP contribution in [0.5, 0.6) is 0 Å². The highest BCUT2D eigenvalue weighted by molar-refractivity contribution is 6.08. The Balaban J connectivity index is 2.25. The zero-order valence-corrected chi connectivity index (χ0v) is 17.4. The number of hydrogen-bond acceptors (Lipinski definition) is 4. The summed E-state index contributed by atoms with van der Waals surface area (Å²) in [6, 6.07) is 11.0. The van der Waals surface area contributed by atoms with E-state index < -0.39 is 11.1 Å². The van der Waals surface area contributed by atoms with E-state index in [0.717, 1.165) is 24.3 Å². The quantitative estimate of drug-likeness (QED) is 0.675. The van der Waals surface area contributed by atoms with Gasteiger partial charge in [-0.1, -0.05) is 18.2 Å². The van der Waals surface area contributed by atoms with Gasteiger partial charge in [0.15, 0.2) is 0 Å². The lowest BCUT2D eigenvalue weighted by molar-refractivity contribution is 0.102. The Labute approximate surface area is 169 Å². The van der Waals surface area contributed by atoms with Crippen molar-refractivity contribution in [2.24, 2.45) is 14.1 Å². The van der Waals surface area contributed by atoms with Gasteiger partial charge in [-0.05, 0) is 44.5 Å². The maximum atomic E-state index is 12.9. The van der Waals surface area contributed by atoms with Crippen LogP contribution in [0.2, 0.25) is 0 Å². The average Bonchev–Trinajstić information content (AvgIpc) is 2.72. The number of benzene rings is 2. The second-order valence-electron chi connectivity index (χ2n) is 7.03. The summed E-state index contributed by atoms with van der Waals surface area (Å²) in [5, 5.41) is 3.01. The standard InChI is InChI=1S/C22H26N4O3/c1-6-26(7-2)17-13-19-18(24(4)21(28)22(29)25(19)5)12-16(17)23-20(27)15-11-9-8-10-14(15)3/h8-13H,6-7H2,1-5H3,(H,23,27). The number of hydrogen-bond donors (Lipinski definition) is 1. The first-order valence-corrected chi connectivity index (χ1v) is 9.65. The molecule has 0 atom stereocenters. The normalized spacial score (nSPS) is 10.9. The zero-order chi connectivity index (χ0) is 21.3. The highest BCUT2D eigenvalue weighted by Gasteiger charge is 2.18. The van der Waals surface area contributed by atoms with Crippen LogP contribution in [0.1, 0.15) is 29.8 Å². The fourth-order valence-electron chi connectivity index (χ4n) is 3.55. The number of carbonyl (C=O) groups excluding carboxylic acids is 1. The Bertz CT molecular complexity index is 1200. The summed E-state index contributed by atoms with van der Waals surface area (Å²) in [4.78, 5) is 39.6. The number of rotatable bonds is 5. The lowest BCUT2D eigenvalue weighted by Gasteiger charge is -2.25. The molecular weight excluding hydrogens is 368 g/mol. The predicted octanol–water partition coefficient (Wildman–Crippen LogP) is 2.64. The van der Waals surface area contributed by atoms with Crippen LogP contribution in [0.25, 0.3) is 11.0 Å². The number of anilines is 2. The Morgan fingerprint density at radius 2 is 1.52 bits per heavy atom. The molecule has 0 saturated carbocycles. The number of aryl methyl sites for hydroxylation is 3. The molecule has 1 amide bonds. The summed E-state index contributed by atoms with van der Waals surface area (Å²) in [6.07, 6.45) is 0. The number of nitrogens with one attached hydrogen (secondary N) is 1. The fraction of sp³-hybridized carbons (Fsp3) is 0.318. The first-order valence-electron chi connectivity index (χ1n) is 9.65. The zero-order valence-electron chi connectivity index (χ0n) is 17.4. The Morgan fingerprint density at radius 3 is 2.07 bits per heavy atom. The van der Waals surface area contributed by atoms with Crippen molar-refractivity contribution < 1.29 is 4.79 Å². The topological polar surface area (TPSA) is 76.3 Å². The minimum atomic E-state index is -0.605. The van der Waals surface area contributed by atoms with E-state index >= 15 is 0 Å². The highest BCUT2D eigenvalue weighted by Crippen LogP contribution is 2.31. The summed E-state index contributed by atoms with van der Waals surface area (Å²) in [5.74, 6) is -0.217. The molecule has 3 rings (SSSR count). The van der Waals surface area contributed by atoms with Crippen LogP contribution in [0.4, 0.5) is 11.4 Å². The van der Waals surface area contributed by atoms with Gasteiger partial charge < -0.3 is 19.4 Å². The number of aromatic nitrogens is 2. The lowest BCUT2D eigenvalue weighted by Crippen LogP contribution is -2.39. The molecule has 0 fully saturated rings. The maximum absolute atomic E-state index is 12.9. The molecule has 7 nitrogen and oxygen atoms in total. The van der Waals surface area contributed by atoms with E-state index in [1.165, 1.54) is 9.13 Å². The molecule has 1 heterocycles. The van der Waals surface area contributed by atoms with Crippen LogP contribution >= 0.6 is 0 Å². The van der Waals surface area contributed by atoms with Crippen LogP contribution in [0, 0.1) is 6.92 Å². The van der Waals surface area contributed by atoms with E-state index in [2.05, 4.69) is 10.2 Å². The SMILES string of the molecule is CCN(CC)c1cc2c(cc1NC(=O)c1ccccc1C)n(C)c(=O)c(=O)n2C. The molecule has 0 spiro atoms. The predicted molar refractivity (Wildman–Crippen MR) is 117 cm³/mol. The van der Waals surface area contributed by atoms with Gasteiger partial charge in [0.05, 0.1) is 22.4 Å². The van der Waals surface area contributed by atoms with E-state index in [1.54, 1.807) is 26.2 Å². The van der Waals surface area contributed by atoms with Crippen LogP contribution in [0.15, 0.2) is 46.0 Å². The monoisotopic (exact) mass is 394 g/mol. The third-order valence-corrected chi connectivity index (χ3v) is 5.35. The average molecular weight is 394 g/mol. The van der Waals surface area contributed by atoms with Gasteiger partial charge in [0, 0.05) is 32.7 Å². The van der Waals surface area contributed by atoms with Gasteiger partial charge in [-0.25, -0.2) is 0 Å². The van der Waals surface area contributed by atoms with Gasteiger partial charge in [0.2, 0.25) is 0 Å². The summed E-state index contributed by atoms with van der Waals surface area (Å²) in [7, 11) is 3.15. The largest absolute Gasteiger partial charge is 0.370 e. The molecule has 2 aromatic carbocycles. The molecule has 29 heavy (non-hydrogen) atoms. The van der Waals surface area contributed by atoms with E-state index in [0.29, 0.717) is 22.3 Å². The summed E-state index contributed by atoms with van der Waals surface area (Å²) >= 11 is 0. The Morgan fingerprint density at radius 1 is 0.966 bits per heavy atom.